The summed E-state index contributed by atoms with van der Waals surface area (Å²) >= 11 is 12.0. The van der Waals surface area contributed by atoms with Crippen LogP contribution in [0.1, 0.15) is 19.4 Å². The van der Waals surface area contributed by atoms with Crippen molar-refractivity contribution in [3.05, 3.63) is 58.1 Å². The molecule has 0 spiro atoms. The van der Waals surface area contributed by atoms with Crippen LogP contribution in [0.4, 0.5) is 5.69 Å². The third-order valence-corrected chi connectivity index (χ3v) is 5.43. The van der Waals surface area contributed by atoms with Gasteiger partial charge in [-0.15, -0.1) is 0 Å². The minimum Gasteiger partial charge on any atom is -0.325 e. The molecule has 1 amide bonds. The van der Waals surface area contributed by atoms with Crippen LogP contribution in [-0.2, 0) is 20.4 Å². The lowest BCUT2D eigenvalue weighted by molar-refractivity contribution is -0.115. The van der Waals surface area contributed by atoms with Crippen molar-refractivity contribution in [2.45, 2.75) is 24.3 Å². The zero-order valence-corrected chi connectivity index (χ0v) is 16.5. The number of anilines is 1. The second kappa shape index (κ2) is 7.94. The SMILES string of the molecule is CC(C)(NCC(=O)Nc1cccc(S(N)(=O)=O)c1)c1ccc(Cl)c(Cl)c1. The van der Waals surface area contributed by atoms with Crippen molar-refractivity contribution < 1.29 is 13.2 Å². The normalized spacial score (nSPS) is 12.0. The van der Waals surface area contributed by atoms with E-state index in [9.17, 15) is 13.2 Å². The maximum absolute atomic E-state index is 12.2. The number of hydrogen-bond donors (Lipinski definition) is 3. The monoisotopic (exact) mass is 415 g/mol. The second-order valence-corrected chi connectivity index (χ2v) is 8.60. The molecule has 0 aliphatic carbocycles. The lowest BCUT2D eigenvalue weighted by atomic mass is 9.94. The van der Waals surface area contributed by atoms with Gasteiger partial charge in [-0.1, -0.05) is 35.3 Å². The minimum absolute atomic E-state index is 0.00679. The minimum atomic E-state index is -3.83. The van der Waals surface area contributed by atoms with Gasteiger partial charge in [0.1, 0.15) is 0 Å². The fourth-order valence-electron chi connectivity index (χ4n) is 2.24. The van der Waals surface area contributed by atoms with Crippen LogP contribution >= 0.6 is 23.2 Å². The number of rotatable bonds is 6. The molecular formula is C17H19Cl2N3O3S. The molecule has 0 bridgehead atoms. The second-order valence-electron chi connectivity index (χ2n) is 6.23. The summed E-state index contributed by atoms with van der Waals surface area (Å²) in [7, 11) is -3.83. The molecule has 26 heavy (non-hydrogen) atoms. The molecule has 9 heteroatoms. The molecule has 0 fully saturated rings. The highest BCUT2D eigenvalue weighted by Gasteiger charge is 2.22. The molecule has 2 rings (SSSR count). The predicted molar refractivity (Wildman–Crippen MR) is 104 cm³/mol. The van der Waals surface area contributed by atoms with E-state index in [-0.39, 0.29) is 17.3 Å². The van der Waals surface area contributed by atoms with Crippen molar-refractivity contribution in [2.75, 3.05) is 11.9 Å². The van der Waals surface area contributed by atoms with Gasteiger partial charge >= 0.3 is 0 Å². The lowest BCUT2D eigenvalue weighted by Crippen LogP contribution is -2.41. The molecule has 6 nitrogen and oxygen atoms in total. The molecule has 0 radical (unpaired) electrons. The maximum atomic E-state index is 12.2. The van der Waals surface area contributed by atoms with Crippen LogP contribution < -0.4 is 15.8 Å². The van der Waals surface area contributed by atoms with Crippen LogP contribution in [0, 0.1) is 0 Å². The number of carbonyl (C=O) groups is 1. The van der Waals surface area contributed by atoms with Crippen molar-refractivity contribution in [1.82, 2.24) is 5.32 Å². The average molecular weight is 416 g/mol. The summed E-state index contributed by atoms with van der Waals surface area (Å²) in [4.78, 5) is 12.1. The van der Waals surface area contributed by atoms with E-state index in [1.165, 1.54) is 18.2 Å². The van der Waals surface area contributed by atoms with Crippen LogP contribution in [0.5, 0.6) is 0 Å². The molecule has 4 N–H and O–H groups in total. The highest BCUT2D eigenvalue weighted by atomic mass is 35.5. The molecule has 140 valence electrons. The van der Waals surface area contributed by atoms with Gasteiger partial charge in [-0.2, -0.15) is 0 Å². The van der Waals surface area contributed by atoms with Gasteiger partial charge in [-0.25, -0.2) is 13.6 Å². The van der Waals surface area contributed by atoms with Gasteiger partial charge in [0, 0.05) is 11.2 Å². The van der Waals surface area contributed by atoms with Crippen molar-refractivity contribution in [3.8, 4) is 0 Å². The van der Waals surface area contributed by atoms with Gasteiger partial charge in [-0.3, -0.25) is 10.1 Å². The Balaban J connectivity index is 2.03. The number of amides is 1. The highest BCUT2D eigenvalue weighted by molar-refractivity contribution is 7.89. The van der Waals surface area contributed by atoms with Crippen molar-refractivity contribution in [1.29, 1.82) is 0 Å². The Kier molecular flexibility index (Phi) is 6.31. The van der Waals surface area contributed by atoms with Crippen LogP contribution in [-0.4, -0.2) is 20.9 Å². The topological polar surface area (TPSA) is 101 Å². The zero-order chi connectivity index (χ0) is 19.5. The first-order chi connectivity index (χ1) is 12.0. The number of hydrogen-bond acceptors (Lipinski definition) is 4. The largest absolute Gasteiger partial charge is 0.325 e. The molecule has 2 aromatic rings. The molecule has 0 saturated heterocycles. The molecule has 0 heterocycles. The Morgan fingerprint density at radius 2 is 1.81 bits per heavy atom. The molecule has 0 atom stereocenters. The summed E-state index contributed by atoms with van der Waals surface area (Å²) in [5.74, 6) is -0.329. The Morgan fingerprint density at radius 1 is 1.12 bits per heavy atom. The number of primary sulfonamides is 1. The first-order valence-electron chi connectivity index (χ1n) is 7.62. The third kappa shape index (κ3) is 5.43. The van der Waals surface area contributed by atoms with Gasteiger partial charge in [0.15, 0.2) is 0 Å². The van der Waals surface area contributed by atoms with E-state index in [1.54, 1.807) is 18.2 Å². The summed E-state index contributed by atoms with van der Waals surface area (Å²) in [5, 5.41) is 11.7. The van der Waals surface area contributed by atoms with Crippen LogP contribution in [0.15, 0.2) is 47.4 Å². The van der Waals surface area contributed by atoms with E-state index in [0.29, 0.717) is 15.7 Å². The average Bonchev–Trinajstić information content (AvgIpc) is 2.55. The summed E-state index contributed by atoms with van der Waals surface area (Å²) in [6.45, 7) is 3.82. The summed E-state index contributed by atoms with van der Waals surface area (Å²) in [5.41, 5.74) is 0.681. The van der Waals surface area contributed by atoms with Crippen molar-refractivity contribution in [3.63, 3.8) is 0 Å². The lowest BCUT2D eigenvalue weighted by Gasteiger charge is -2.27. The quantitative estimate of drug-likeness (QED) is 0.674. The number of carbonyl (C=O) groups excluding carboxylic acids is 1. The van der Waals surface area contributed by atoms with E-state index >= 15 is 0 Å². The van der Waals surface area contributed by atoms with E-state index < -0.39 is 15.6 Å². The third-order valence-electron chi connectivity index (χ3n) is 3.78. The number of benzene rings is 2. The van der Waals surface area contributed by atoms with E-state index in [0.717, 1.165) is 5.56 Å². The zero-order valence-electron chi connectivity index (χ0n) is 14.2. The first kappa shape index (κ1) is 20.7. The van der Waals surface area contributed by atoms with Crippen LogP contribution in [0.2, 0.25) is 10.0 Å². The summed E-state index contributed by atoms with van der Waals surface area (Å²) in [6.07, 6.45) is 0. The molecule has 0 aliphatic rings. The Bertz CT molecular complexity index is 931. The van der Waals surface area contributed by atoms with E-state index in [4.69, 9.17) is 28.3 Å². The molecule has 0 unspecified atom stereocenters. The molecule has 0 saturated carbocycles. The predicted octanol–water partition coefficient (Wildman–Crippen LogP) is 3.10. The number of halogens is 2. The van der Waals surface area contributed by atoms with E-state index in [2.05, 4.69) is 10.6 Å². The molecule has 0 aromatic heterocycles. The maximum Gasteiger partial charge on any atom is 0.238 e. The Labute approximate surface area is 162 Å². The van der Waals surface area contributed by atoms with E-state index in [1.807, 2.05) is 19.9 Å². The fourth-order valence-corrected chi connectivity index (χ4v) is 3.10. The number of nitrogens with one attached hydrogen (secondary N) is 2. The molecule has 2 aromatic carbocycles. The van der Waals surface area contributed by atoms with Crippen LogP contribution in [0.3, 0.4) is 0 Å². The highest BCUT2D eigenvalue weighted by Crippen LogP contribution is 2.28. The van der Waals surface area contributed by atoms with Gasteiger partial charge in [0.2, 0.25) is 15.9 Å². The Hall–Kier alpha value is -1.64. The molecular weight excluding hydrogens is 397 g/mol. The van der Waals surface area contributed by atoms with Gasteiger partial charge < -0.3 is 5.32 Å². The van der Waals surface area contributed by atoms with Gasteiger partial charge in [0.25, 0.3) is 0 Å². The van der Waals surface area contributed by atoms with Crippen LogP contribution in [0.25, 0.3) is 0 Å². The van der Waals surface area contributed by atoms with Gasteiger partial charge in [0.05, 0.1) is 21.5 Å². The first-order valence-corrected chi connectivity index (χ1v) is 9.92. The summed E-state index contributed by atoms with van der Waals surface area (Å²) in [6, 6.07) is 11.0. The number of nitrogens with two attached hydrogens (primary N) is 1. The van der Waals surface area contributed by atoms with Crippen molar-refractivity contribution >= 4 is 44.8 Å². The Morgan fingerprint density at radius 3 is 2.42 bits per heavy atom. The fraction of sp³-hybridized carbons (Fsp3) is 0.235. The summed E-state index contributed by atoms with van der Waals surface area (Å²) < 4.78 is 22.7. The van der Waals surface area contributed by atoms with Gasteiger partial charge in [-0.05, 0) is 49.7 Å². The van der Waals surface area contributed by atoms with Crippen molar-refractivity contribution in [2.24, 2.45) is 5.14 Å². The number of sulfonamides is 1. The molecule has 0 aliphatic heterocycles. The smallest absolute Gasteiger partial charge is 0.238 e. The standard InChI is InChI=1S/C17H19Cl2N3O3S/c1-17(2,11-6-7-14(18)15(19)8-11)21-10-16(23)22-12-4-3-5-13(9-12)26(20,24)25/h3-9,21H,10H2,1-2H3,(H,22,23)(H2,20,24,25).